The first kappa shape index (κ1) is 12.3. The second-order valence-electron chi connectivity index (χ2n) is 6.12. The Hall–Kier alpha value is -0.820. The number of nitrogens with two attached hydrogens (primary N) is 1. The topological polar surface area (TPSA) is 26.0 Å². The minimum Gasteiger partial charge on any atom is -0.325 e. The summed E-state index contributed by atoms with van der Waals surface area (Å²) in [6.07, 6.45) is 0.928. The fraction of sp³-hybridized carbons (Fsp3) is 0.571. The molecule has 84 valence electrons. The van der Waals surface area contributed by atoms with Gasteiger partial charge in [0.05, 0.1) is 0 Å². The van der Waals surface area contributed by atoms with Crippen LogP contribution in [0, 0.1) is 0 Å². The second kappa shape index (κ2) is 3.97. The molecule has 0 saturated carbocycles. The Morgan fingerprint density at radius 3 is 2.13 bits per heavy atom. The van der Waals surface area contributed by atoms with E-state index < -0.39 is 0 Å². The zero-order chi connectivity index (χ0) is 11.7. The molecule has 1 aromatic carbocycles. The second-order valence-corrected chi connectivity index (χ2v) is 6.12. The van der Waals surface area contributed by atoms with Gasteiger partial charge in [-0.1, -0.05) is 45.0 Å². The van der Waals surface area contributed by atoms with Gasteiger partial charge in [0.25, 0.3) is 0 Å². The van der Waals surface area contributed by atoms with Crippen LogP contribution in [-0.4, -0.2) is 5.54 Å². The van der Waals surface area contributed by atoms with Gasteiger partial charge in [0, 0.05) is 5.54 Å². The first-order chi connectivity index (χ1) is 6.68. The third-order valence-electron chi connectivity index (χ3n) is 2.45. The molecule has 0 aliphatic carbocycles. The van der Waals surface area contributed by atoms with Crippen molar-refractivity contribution < 1.29 is 0 Å². The highest BCUT2D eigenvalue weighted by Crippen LogP contribution is 2.23. The fourth-order valence-corrected chi connectivity index (χ4v) is 1.67. The number of hydrogen-bond donors (Lipinski definition) is 1. The molecule has 1 aromatic rings. The van der Waals surface area contributed by atoms with Crippen LogP contribution in [-0.2, 0) is 11.8 Å². The van der Waals surface area contributed by atoms with Crippen molar-refractivity contribution in [1.82, 2.24) is 0 Å². The van der Waals surface area contributed by atoms with Gasteiger partial charge in [0.1, 0.15) is 0 Å². The van der Waals surface area contributed by atoms with Crippen LogP contribution in [0.4, 0.5) is 0 Å². The maximum absolute atomic E-state index is 6.03. The van der Waals surface area contributed by atoms with Crippen molar-refractivity contribution in [3.63, 3.8) is 0 Å². The van der Waals surface area contributed by atoms with Crippen molar-refractivity contribution in [1.29, 1.82) is 0 Å². The van der Waals surface area contributed by atoms with Crippen LogP contribution in [0.1, 0.15) is 45.7 Å². The van der Waals surface area contributed by atoms with E-state index in [0.29, 0.717) is 0 Å². The monoisotopic (exact) mass is 205 g/mol. The Balaban J connectivity index is 2.94. The van der Waals surface area contributed by atoms with Gasteiger partial charge in [-0.15, -0.1) is 0 Å². The van der Waals surface area contributed by atoms with E-state index in [9.17, 15) is 0 Å². The number of rotatable bonds is 2. The summed E-state index contributed by atoms with van der Waals surface area (Å²) in [4.78, 5) is 0. The smallest absolute Gasteiger partial charge is 0.0138 e. The van der Waals surface area contributed by atoms with Crippen molar-refractivity contribution in [3.05, 3.63) is 35.4 Å². The zero-order valence-corrected chi connectivity index (χ0v) is 10.6. The molecule has 0 aliphatic heterocycles. The van der Waals surface area contributed by atoms with Gasteiger partial charge in [0.2, 0.25) is 0 Å². The molecule has 1 heteroatoms. The van der Waals surface area contributed by atoms with Gasteiger partial charge < -0.3 is 5.73 Å². The molecular formula is C14H23N. The lowest BCUT2D eigenvalue weighted by molar-refractivity contribution is 0.515. The van der Waals surface area contributed by atoms with Crippen LogP contribution >= 0.6 is 0 Å². The Morgan fingerprint density at radius 1 is 1.07 bits per heavy atom. The van der Waals surface area contributed by atoms with Crippen LogP contribution in [0.2, 0.25) is 0 Å². The normalized spacial score (nSPS) is 12.9. The summed E-state index contributed by atoms with van der Waals surface area (Å²) in [7, 11) is 0. The lowest BCUT2D eigenvalue weighted by Crippen LogP contribution is -2.34. The van der Waals surface area contributed by atoms with E-state index in [1.54, 1.807) is 0 Å². The van der Waals surface area contributed by atoms with Gasteiger partial charge in [-0.2, -0.15) is 0 Å². The summed E-state index contributed by atoms with van der Waals surface area (Å²) in [6, 6.07) is 8.74. The average molecular weight is 205 g/mol. The first-order valence-corrected chi connectivity index (χ1v) is 5.57. The molecule has 15 heavy (non-hydrogen) atoms. The average Bonchev–Trinajstić information content (AvgIpc) is 1.99. The largest absolute Gasteiger partial charge is 0.325 e. The Morgan fingerprint density at radius 2 is 1.67 bits per heavy atom. The predicted octanol–water partition coefficient (Wildman–Crippen LogP) is 3.26. The SMILES string of the molecule is CC(C)(N)Cc1cccc(C(C)(C)C)c1. The van der Waals surface area contributed by atoms with Crippen LogP contribution in [0.15, 0.2) is 24.3 Å². The van der Waals surface area contributed by atoms with Crippen molar-refractivity contribution in [2.75, 3.05) is 0 Å². The third-order valence-corrected chi connectivity index (χ3v) is 2.45. The molecule has 1 rings (SSSR count). The minimum absolute atomic E-state index is 0.128. The molecule has 0 heterocycles. The molecule has 0 amide bonds. The van der Waals surface area contributed by atoms with Gasteiger partial charge in [-0.05, 0) is 36.8 Å². The quantitative estimate of drug-likeness (QED) is 0.788. The summed E-state index contributed by atoms with van der Waals surface area (Å²) in [5.74, 6) is 0. The third kappa shape index (κ3) is 4.05. The molecule has 0 aliphatic rings. The molecule has 0 saturated heterocycles. The predicted molar refractivity (Wildman–Crippen MR) is 67.1 cm³/mol. The minimum atomic E-state index is -0.128. The molecule has 2 N–H and O–H groups in total. The molecule has 0 bridgehead atoms. The van der Waals surface area contributed by atoms with Crippen LogP contribution in [0.25, 0.3) is 0 Å². The molecule has 0 fully saturated rings. The maximum atomic E-state index is 6.03. The summed E-state index contributed by atoms with van der Waals surface area (Å²) in [5, 5.41) is 0. The summed E-state index contributed by atoms with van der Waals surface area (Å²) in [6.45, 7) is 10.8. The molecule has 0 spiro atoms. The van der Waals surface area contributed by atoms with E-state index in [-0.39, 0.29) is 11.0 Å². The van der Waals surface area contributed by atoms with Gasteiger partial charge in [-0.3, -0.25) is 0 Å². The van der Waals surface area contributed by atoms with Crippen LogP contribution in [0.5, 0.6) is 0 Å². The Kier molecular flexibility index (Phi) is 3.25. The molecule has 1 nitrogen and oxygen atoms in total. The lowest BCUT2D eigenvalue weighted by Gasteiger charge is -2.22. The van der Waals surface area contributed by atoms with Gasteiger partial charge >= 0.3 is 0 Å². The van der Waals surface area contributed by atoms with Crippen molar-refractivity contribution in [2.45, 2.75) is 52.0 Å². The number of hydrogen-bond acceptors (Lipinski definition) is 1. The highest BCUT2D eigenvalue weighted by Gasteiger charge is 2.16. The van der Waals surface area contributed by atoms with Crippen molar-refractivity contribution in [3.8, 4) is 0 Å². The molecule has 0 atom stereocenters. The van der Waals surface area contributed by atoms with E-state index in [1.807, 2.05) is 0 Å². The van der Waals surface area contributed by atoms with E-state index in [0.717, 1.165) is 6.42 Å². The van der Waals surface area contributed by atoms with E-state index in [1.165, 1.54) is 11.1 Å². The molecule has 0 radical (unpaired) electrons. The first-order valence-electron chi connectivity index (χ1n) is 5.57. The molecular weight excluding hydrogens is 182 g/mol. The molecule has 0 aromatic heterocycles. The highest BCUT2D eigenvalue weighted by molar-refractivity contribution is 5.29. The van der Waals surface area contributed by atoms with Crippen molar-refractivity contribution in [2.24, 2.45) is 5.73 Å². The number of benzene rings is 1. The maximum Gasteiger partial charge on any atom is 0.0138 e. The zero-order valence-electron chi connectivity index (χ0n) is 10.6. The van der Waals surface area contributed by atoms with E-state index in [2.05, 4.69) is 58.9 Å². The van der Waals surface area contributed by atoms with Crippen LogP contribution in [0.3, 0.4) is 0 Å². The van der Waals surface area contributed by atoms with Crippen LogP contribution < -0.4 is 5.73 Å². The summed E-state index contributed by atoms with van der Waals surface area (Å²) >= 11 is 0. The van der Waals surface area contributed by atoms with Crippen molar-refractivity contribution >= 4 is 0 Å². The lowest BCUT2D eigenvalue weighted by atomic mass is 9.85. The standard InChI is InChI=1S/C14H23N/c1-13(2,3)12-8-6-7-11(9-12)10-14(4,5)15/h6-9H,10,15H2,1-5H3. The fourth-order valence-electron chi connectivity index (χ4n) is 1.67. The van der Waals surface area contributed by atoms with E-state index in [4.69, 9.17) is 5.73 Å². The summed E-state index contributed by atoms with van der Waals surface area (Å²) < 4.78 is 0. The highest BCUT2D eigenvalue weighted by atomic mass is 14.7. The summed E-state index contributed by atoms with van der Waals surface area (Å²) in [5.41, 5.74) is 8.82. The Bertz CT molecular complexity index is 326. The van der Waals surface area contributed by atoms with Gasteiger partial charge in [-0.25, -0.2) is 0 Å². The Labute approximate surface area is 93.7 Å². The van der Waals surface area contributed by atoms with Gasteiger partial charge in [0.15, 0.2) is 0 Å². The van der Waals surface area contributed by atoms with E-state index >= 15 is 0 Å². The molecule has 0 unspecified atom stereocenters.